The molecule has 0 saturated heterocycles. The van der Waals surface area contributed by atoms with Crippen molar-refractivity contribution in [3.8, 4) is 5.75 Å². The number of thioether (sulfide) groups is 1. The van der Waals surface area contributed by atoms with Crippen LogP contribution in [-0.2, 0) is 6.54 Å². The Morgan fingerprint density at radius 2 is 1.92 bits per heavy atom. The van der Waals surface area contributed by atoms with Gasteiger partial charge in [0.15, 0.2) is 12.6 Å². The zero-order valence-corrected chi connectivity index (χ0v) is 17.9. The molecule has 144 valence electrons. The van der Waals surface area contributed by atoms with Crippen molar-refractivity contribution in [3.05, 3.63) is 29.8 Å². The predicted octanol–water partition coefficient (Wildman–Crippen LogP) is 4.05. The summed E-state index contributed by atoms with van der Waals surface area (Å²) in [5, 5.41) is 6.36. The lowest BCUT2D eigenvalue weighted by Gasteiger charge is -2.23. The summed E-state index contributed by atoms with van der Waals surface area (Å²) in [6.45, 7) is 4.13. The lowest BCUT2D eigenvalue weighted by molar-refractivity contribution is -0.153. The first kappa shape index (κ1) is 24.2. The second kappa shape index (κ2) is 11.0. The summed E-state index contributed by atoms with van der Waals surface area (Å²) < 4.78 is 41.4. The summed E-state index contributed by atoms with van der Waals surface area (Å²) in [5.41, 5.74) is 0.807. The first-order valence-electron chi connectivity index (χ1n) is 7.43. The van der Waals surface area contributed by atoms with Gasteiger partial charge in [-0.15, -0.1) is 24.0 Å². The van der Waals surface area contributed by atoms with Gasteiger partial charge in [-0.2, -0.15) is 24.9 Å². The Hall–Kier alpha value is -0.840. The molecule has 0 bridgehead atoms. The molecule has 0 aliphatic carbocycles. The molecule has 0 amide bonds. The maximum Gasteiger partial charge on any atom is 0.422 e. The Bertz CT molecular complexity index is 554. The van der Waals surface area contributed by atoms with Gasteiger partial charge in [0.25, 0.3) is 0 Å². The zero-order chi connectivity index (χ0) is 18.2. The number of alkyl halides is 3. The van der Waals surface area contributed by atoms with Crippen LogP contribution in [0, 0.1) is 0 Å². The maximum atomic E-state index is 12.2. The van der Waals surface area contributed by atoms with E-state index in [0.717, 1.165) is 12.1 Å². The van der Waals surface area contributed by atoms with E-state index in [1.165, 1.54) is 6.07 Å². The highest BCUT2D eigenvalue weighted by Gasteiger charge is 2.28. The molecule has 4 nitrogen and oxygen atoms in total. The molecule has 0 atom stereocenters. The Labute approximate surface area is 168 Å². The number of halogens is 4. The molecule has 1 rings (SSSR count). The number of nitrogens with one attached hydrogen (secondary N) is 2. The highest BCUT2D eigenvalue weighted by molar-refractivity contribution is 14.0. The number of aliphatic imine (C=N–C) groups is 1. The Balaban J connectivity index is 0.00000576. The SMILES string of the molecule is CN=C(NCc1cccc(OCC(F)(F)F)c1)NCC(C)(C)SC.I. The molecule has 0 fully saturated rings. The minimum Gasteiger partial charge on any atom is -0.484 e. The van der Waals surface area contributed by atoms with Gasteiger partial charge < -0.3 is 15.4 Å². The monoisotopic (exact) mass is 491 g/mol. The van der Waals surface area contributed by atoms with E-state index < -0.39 is 12.8 Å². The lowest BCUT2D eigenvalue weighted by atomic mass is 10.2. The van der Waals surface area contributed by atoms with Crippen molar-refractivity contribution in [1.29, 1.82) is 0 Å². The Morgan fingerprint density at radius 1 is 1.24 bits per heavy atom. The molecule has 0 spiro atoms. The highest BCUT2D eigenvalue weighted by atomic mass is 127. The van der Waals surface area contributed by atoms with Gasteiger partial charge in [0.2, 0.25) is 0 Å². The first-order valence-corrected chi connectivity index (χ1v) is 8.66. The zero-order valence-electron chi connectivity index (χ0n) is 14.7. The average Bonchev–Trinajstić information content (AvgIpc) is 2.53. The van der Waals surface area contributed by atoms with Crippen LogP contribution in [0.15, 0.2) is 29.3 Å². The molecular formula is C16H25F3IN3OS. The molecule has 9 heteroatoms. The maximum absolute atomic E-state index is 12.2. The third kappa shape index (κ3) is 10.7. The molecule has 0 aliphatic rings. The van der Waals surface area contributed by atoms with Crippen LogP contribution in [0.1, 0.15) is 19.4 Å². The van der Waals surface area contributed by atoms with E-state index >= 15 is 0 Å². The van der Waals surface area contributed by atoms with Gasteiger partial charge in [0, 0.05) is 24.9 Å². The van der Waals surface area contributed by atoms with Gasteiger partial charge in [-0.25, -0.2) is 0 Å². The molecule has 1 aromatic carbocycles. The molecule has 2 N–H and O–H groups in total. The molecule has 0 aliphatic heterocycles. The van der Waals surface area contributed by atoms with E-state index in [0.29, 0.717) is 12.5 Å². The smallest absolute Gasteiger partial charge is 0.422 e. The Kier molecular flexibility index (Phi) is 10.6. The summed E-state index contributed by atoms with van der Waals surface area (Å²) in [7, 11) is 1.67. The van der Waals surface area contributed by atoms with E-state index in [-0.39, 0.29) is 34.5 Å². The van der Waals surface area contributed by atoms with Crippen LogP contribution >= 0.6 is 35.7 Å². The average molecular weight is 491 g/mol. The molecule has 1 aromatic rings. The minimum atomic E-state index is -4.34. The molecule has 0 heterocycles. The van der Waals surface area contributed by atoms with Gasteiger partial charge in [-0.05, 0) is 37.8 Å². The fourth-order valence-corrected chi connectivity index (χ4v) is 1.90. The minimum absolute atomic E-state index is 0. The number of rotatable bonds is 7. The van der Waals surface area contributed by atoms with Crippen molar-refractivity contribution >= 4 is 41.7 Å². The summed E-state index contributed by atoms with van der Waals surface area (Å²) in [6.07, 6.45) is -2.30. The van der Waals surface area contributed by atoms with E-state index in [4.69, 9.17) is 4.74 Å². The van der Waals surface area contributed by atoms with Crippen molar-refractivity contribution in [2.45, 2.75) is 31.3 Å². The van der Waals surface area contributed by atoms with Crippen molar-refractivity contribution in [3.63, 3.8) is 0 Å². The summed E-state index contributed by atoms with van der Waals surface area (Å²) in [6, 6.07) is 6.56. The third-order valence-corrected chi connectivity index (χ3v) is 4.47. The van der Waals surface area contributed by atoms with Gasteiger partial charge in [-0.3, -0.25) is 4.99 Å². The number of benzene rings is 1. The van der Waals surface area contributed by atoms with E-state index in [9.17, 15) is 13.2 Å². The van der Waals surface area contributed by atoms with E-state index in [1.807, 2.05) is 12.3 Å². The standard InChI is InChI=1S/C16H24F3N3OS.HI/c1-15(2,24-4)10-22-14(20-3)21-9-12-6-5-7-13(8-12)23-11-16(17,18)19;/h5-8H,9-11H2,1-4H3,(H2,20,21,22);1H. The van der Waals surface area contributed by atoms with Crippen LogP contribution < -0.4 is 15.4 Å². The number of guanidine groups is 1. The third-order valence-electron chi connectivity index (χ3n) is 3.22. The van der Waals surface area contributed by atoms with Crippen LogP contribution in [0.4, 0.5) is 13.2 Å². The molecule has 0 unspecified atom stereocenters. The topological polar surface area (TPSA) is 45.7 Å². The van der Waals surface area contributed by atoms with Crippen LogP contribution in [0.2, 0.25) is 0 Å². The molecule has 0 aromatic heterocycles. The summed E-state index contributed by atoms with van der Waals surface area (Å²) >= 11 is 1.75. The second-order valence-electron chi connectivity index (χ2n) is 5.79. The van der Waals surface area contributed by atoms with Crippen molar-refractivity contribution in [2.75, 3.05) is 26.5 Å². The van der Waals surface area contributed by atoms with Crippen LogP contribution in [-0.4, -0.2) is 43.3 Å². The number of hydrogen-bond acceptors (Lipinski definition) is 3. The highest BCUT2D eigenvalue weighted by Crippen LogP contribution is 2.20. The van der Waals surface area contributed by atoms with Gasteiger partial charge in [-0.1, -0.05) is 12.1 Å². The quantitative estimate of drug-likeness (QED) is 0.343. The van der Waals surface area contributed by atoms with Crippen molar-refractivity contribution in [2.24, 2.45) is 4.99 Å². The summed E-state index contributed by atoms with van der Waals surface area (Å²) in [4.78, 5) is 4.14. The van der Waals surface area contributed by atoms with Gasteiger partial charge in [0.05, 0.1) is 0 Å². The predicted molar refractivity (Wildman–Crippen MR) is 109 cm³/mol. The summed E-state index contributed by atoms with van der Waals surface area (Å²) in [5.74, 6) is 0.830. The normalized spacial score (nSPS) is 12.4. The second-order valence-corrected chi connectivity index (χ2v) is 7.31. The van der Waals surface area contributed by atoms with Crippen LogP contribution in [0.5, 0.6) is 5.75 Å². The molecule has 0 saturated carbocycles. The Morgan fingerprint density at radius 3 is 2.48 bits per heavy atom. The number of hydrogen-bond donors (Lipinski definition) is 2. The van der Waals surface area contributed by atoms with Gasteiger partial charge >= 0.3 is 6.18 Å². The largest absolute Gasteiger partial charge is 0.484 e. The molecule has 25 heavy (non-hydrogen) atoms. The van der Waals surface area contributed by atoms with E-state index in [1.54, 1.807) is 30.9 Å². The van der Waals surface area contributed by atoms with Crippen LogP contribution in [0.25, 0.3) is 0 Å². The number of ether oxygens (including phenoxy) is 1. The van der Waals surface area contributed by atoms with Crippen molar-refractivity contribution in [1.82, 2.24) is 10.6 Å². The van der Waals surface area contributed by atoms with Gasteiger partial charge in [0.1, 0.15) is 5.75 Å². The number of nitrogens with zero attached hydrogens (tertiary/aromatic N) is 1. The fourth-order valence-electron chi connectivity index (χ4n) is 1.69. The lowest BCUT2D eigenvalue weighted by Crippen LogP contribution is -2.42. The molecular weight excluding hydrogens is 466 g/mol. The van der Waals surface area contributed by atoms with Crippen molar-refractivity contribution < 1.29 is 17.9 Å². The first-order chi connectivity index (χ1) is 11.1. The van der Waals surface area contributed by atoms with Crippen LogP contribution in [0.3, 0.4) is 0 Å². The fraction of sp³-hybridized carbons (Fsp3) is 0.562. The van der Waals surface area contributed by atoms with E-state index in [2.05, 4.69) is 29.5 Å². The molecule has 0 radical (unpaired) electrons.